The maximum atomic E-state index is 12.4. The Morgan fingerprint density at radius 3 is 2.47 bits per heavy atom. The average molecular weight is 468 g/mol. The number of ether oxygens (including phenoxy) is 2. The predicted octanol–water partition coefficient (Wildman–Crippen LogP) is 1.29. The number of hydrogen-bond donors (Lipinski definition) is 1. The van der Waals surface area contributed by atoms with Crippen molar-refractivity contribution in [3.8, 4) is 5.75 Å². The molecule has 0 unspecified atom stereocenters. The lowest BCUT2D eigenvalue weighted by atomic mass is 10.2. The van der Waals surface area contributed by atoms with Crippen LogP contribution in [0.2, 0.25) is 0 Å². The standard InChI is InChI=1S/C16H15F3N2O7S2/c17-16(18,19)28-10-3-1-9(2-4-10)21-11-7-30(25,26)8-12(11)29-15(21)20-13(22)5-27-6-14(23)24/h1-4,11-12H,5-8H2,(H,23,24)/t11-,12+/m1/s1. The number of nitrogens with zero attached hydrogens (tertiary/aromatic N) is 2. The van der Waals surface area contributed by atoms with Crippen molar-refractivity contribution >= 4 is 44.3 Å². The molecule has 164 valence electrons. The van der Waals surface area contributed by atoms with E-state index in [0.717, 1.165) is 23.9 Å². The number of carboxylic acids is 1. The number of fused-ring (bicyclic) bond motifs is 1. The van der Waals surface area contributed by atoms with Crippen LogP contribution in [-0.4, -0.2) is 72.9 Å². The Hall–Kier alpha value is -2.32. The first-order valence-corrected chi connectivity index (χ1v) is 11.1. The van der Waals surface area contributed by atoms with Crippen LogP contribution in [0.5, 0.6) is 5.75 Å². The number of carbonyl (C=O) groups is 2. The number of rotatable bonds is 6. The molecule has 2 aliphatic rings. The van der Waals surface area contributed by atoms with Gasteiger partial charge in [0.15, 0.2) is 15.0 Å². The normalized spacial score (nSPS) is 24.1. The van der Waals surface area contributed by atoms with E-state index in [-0.39, 0.29) is 16.7 Å². The Bertz CT molecular complexity index is 964. The van der Waals surface area contributed by atoms with Gasteiger partial charge in [-0.15, -0.1) is 13.2 Å². The van der Waals surface area contributed by atoms with Gasteiger partial charge in [0.2, 0.25) is 0 Å². The van der Waals surface area contributed by atoms with Crippen LogP contribution in [0.3, 0.4) is 0 Å². The largest absolute Gasteiger partial charge is 0.573 e. The monoisotopic (exact) mass is 468 g/mol. The van der Waals surface area contributed by atoms with Gasteiger partial charge < -0.3 is 19.5 Å². The third-order valence-corrected chi connectivity index (χ3v) is 7.30. The second-order valence-corrected chi connectivity index (χ2v) is 9.75. The number of carbonyl (C=O) groups excluding carboxylic acids is 1. The molecule has 0 aromatic heterocycles. The number of aliphatic imine (C=N–C) groups is 1. The number of anilines is 1. The molecule has 0 saturated carbocycles. The van der Waals surface area contributed by atoms with Crippen LogP contribution >= 0.6 is 11.8 Å². The van der Waals surface area contributed by atoms with E-state index in [4.69, 9.17) is 9.84 Å². The fourth-order valence-corrected chi connectivity index (χ4v) is 6.97. The van der Waals surface area contributed by atoms with Crippen molar-refractivity contribution in [1.82, 2.24) is 0 Å². The SMILES string of the molecule is O=C(O)COCC(=O)N=C1S[C@H]2CS(=O)(=O)C[C@H]2N1c1ccc(OC(F)(F)F)cc1. The van der Waals surface area contributed by atoms with Gasteiger partial charge in [0, 0.05) is 10.9 Å². The van der Waals surface area contributed by atoms with Crippen molar-refractivity contribution < 1.29 is 45.8 Å². The highest BCUT2D eigenvalue weighted by Gasteiger charge is 2.49. The average Bonchev–Trinajstić information content (AvgIpc) is 3.05. The van der Waals surface area contributed by atoms with Crippen LogP contribution in [0, 0.1) is 0 Å². The van der Waals surface area contributed by atoms with E-state index >= 15 is 0 Å². The maximum absolute atomic E-state index is 12.4. The van der Waals surface area contributed by atoms with Gasteiger partial charge in [0.1, 0.15) is 19.0 Å². The maximum Gasteiger partial charge on any atom is 0.573 e. The molecule has 2 aliphatic heterocycles. The Kier molecular flexibility index (Phi) is 6.29. The van der Waals surface area contributed by atoms with E-state index < -0.39 is 58.3 Å². The lowest BCUT2D eigenvalue weighted by Gasteiger charge is -2.24. The Morgan fingerprint density at radius 2 is 1.87 bits per heavy atom. The number of hydrogen-bond acceptors (Lipinski definition) is 7. The van der Waals surface area contributed by atoms with Crippen molar-refractivity contribution in [2.24, 2.45) is 4.99 Å². The molecule has 0 aliphatic carbocycles. The number of sulfone groups is 1. The number of amidine groups is 1. The van der Waals surface area contributed by atoms with E-state index in [1.165, 1.54) is 17.0 Å². The quantitative estimate of drug-likeness (QED) is 0.658. The van der Waals surface area contributed by atoms with Crippen LogP contribution in [0.4, 0.5) is 18.9 Å². The molecule has 1 amide bonds. The molecule has 2 fully saturated rings. The van der Waals surface area contributed by atoms with Gasteiger partial charge in [-0.25, -0.2) is 13.2 Å². The topological polar surface area (TPSA) is 123 Å². The lowest BCUT2D eigenvalue weighted by Crippen LogP contribution is -2.37. The number of benzene rings is 1. The van der Waals surface area contributed by atoms with E-state index in [2.05, 4.69) is 9.73 Å². The number of alkyl halides is 3. The van der Waals surface area contributed by atoms with Crippen LogP contribution in [-0.2, 0) is 24.2 Å². The molecular weight excluding hydrogens is 453 g/mol. The van der Waals surface area contributed by atoms with Crippen LogP contribution in [0.15, 0.2) is 29.3 Å². The summed E-state index contributed by atoms with van der Waals surface area (Å²) in [5.41, 5.74) is 0.333. The van der Waals surface area contributed by atoms with Gasteiger partial charge in [-0.3, -0.25) is 4.79 Å². The van der Waals surface area contributed by atoms with Crippen molar-refractivity contribution in [3.05, 3.63) is 24.3 Å². The lowest BCUT2D eigenvalue weighted by molar-refractivity contribution is -0.274. The highest BCUT2D eigenvalue weighted by molar-refractivity contribution is 8.16. The number of carboxylic acid groups (broad SMARTS) is 1. The Morgan fingerprint density at radius 1 is 1.20 bits per heavy atom. The van der Waals surface area contributed by atoms with Crippen molar-refractivity contribution in [2.75, 3.05) is 29.6 Å². The van der Waals surface area contributed by atoms with Gasteiger partial charge in [-0.1, -0.05) is 11.8 Å². The Labute approximate surface area is 172 Å². The zero-order valence-corrected chi connectivity index (χ0v) is 16.7. The predicted molar refractivity (Wildman–Crippen MR) is 100 cm³/mol. The molecule has 0 radical (unpaired) electrons. The molecular formula is C16H15F3N2O7S2. The summed E-state index contributed by atoms with van der Waals surface area (Å²) in [6.07, 6.45) is -4.86. The molecule has 0 spiro atoms. The molecule has 30 heavy (non-hydrogen) atoms. The minimum absolute atomic E-state index is 0.128. The number of thioether (sulfide) groups is 1. The van der Waals surface area contributed by atoms with Gasteiger partial charge in [-0.05, 0) is 24.3 Å². The number of halogens is 3. The van der Waals surface area contributed by atoms with E-state index in [1.807, 2.05) is 0 Å². The van der Waals surface area contributed by atoms with Gasteiger partial charge in [-0.2, -0.15) is 4.99 Å². The van der Waals surface area contributed by atoms with Crippen molar-refractivity contribution in [3.63, 3.8) is 0 Å². The first kappa shape index (κ1) is 22.4. The zero-order chi connectivity index (χ0) is 22.1. The van der Waals surface area contributed by atoms with E-state index in [9.17, 15) is 31.2 Å². The molecule has 0 bridgehead atoms. The van der Waals surface area contributed by atoms with Crippen LogP contribution < -0.4 is 9.64 Å². The second kappa shape index (κ2) is 8.43. The fraction of sp³-hybridized carbons (Fsp3) is 0.438. The highest BCUT2D eigenvalue weighted by Crippen LogP contribution is 2.41. The van der Waals surface area contributed by atoms with E-state index in [0.29, 0.717) is 5.69 Å². The fourth-order valence-electron chi connectivity index (χ4n) is 3.04. The minimum Gasteiger partial charge on any atom is -0.480 e. The van der Waals surface area contributed by atoms with Crippen molar-refractivity contribution in [2.45, 2.75) is 17.7 Å². The zero-order valence-electron chi connectivity index (χ0n) is 15.0. The Balaban J connectivity index is 1.83. The molecule has 9 nitrogen and oxygen atoms in total. The summed E-state index contributed by atoms with van der Waals surface area (Å²) in [6.45, 7) is -1.27. The first-order valence-electron chi connectivity index (χ1n) is 8.37. The smallest absolute Gasteiger partial charge is 0.480 e. The molecule has 14 heteroatoms. The molecule has 2 heterocycles. The summed E-state index contributed by atoms with van der Waals surface area (Å²) in [7, 11) is -3.32. The molecule has 2 saturated heterocycles. The summed E-state index contributed by atoms with van der Waals surface area (Å²) in [6, 6.07) is 4.19. The molecule has 1 N–H and O–H groups in total. The van der Waals surface area contributed by atoms with Gasteiger partial charge in [0.05, 0.1) is 17.5 Å². The number of aliphatic carboxylic acids is 1. The van der Waals surface area contributed by atoms with Crippen LogP contribution in [0.1, 0.15) is 0 Å². The van der Waals surface area contributed by atoms with E-state index in [1.54, 1.807) is 0 Å². The summed E-state index contributed by atoms with van der Waals surface area (Å²) in [4.78, 5) is 27.8. The summed E-state index contributed by atoms with van der Waals surface area (Å²) < 4.78 is 69.6. The highest BCUT2D eigenvalue weighted by atomic mass is 32.2. The first-order chi connectivity index (χ1) is 13.9. The molecule has 1 aromatic carbocycles. The molecule has 3 rings (SSSR count). The minimum atomic E-state index is -4.86. The third kappa shape index (κ3) is 5.64. The van der Waals surface area contributed by atoms with Gasteiger partial charge in [0.25, 0.3) is 5.91 Å². The summed E-state index contributed by atoms with van der Waals surface area (Å²) >= 11 is 1.06. The molecule has 2 atom stereocenters. The summed E-state index contributed by atoms with van der Waals surface area (Å²) in [5.74, 6) is -2.81. The number of amides is 1. The second-order valence-electron chi connectivity index (χ2n) is 6.39. The van der Waals surface area contributed by atoms with Crippen LogP contribution in [0.25, 0.3) is 0 Å². The van der Waals surface area contributed by atoms with Gasteiger partial charge >= 0.3 is 12.3 Å². The van der Waals surface area contributed by atoms with Crippen molar-refractivity contribution in [1.29, 1.82) is 0 Å². The summed E-state index contributed by atoms with van der Waals surface area (Å²) in [5, 5.41) is 8.28. The third-order valence-electron chi connectivity index (χ3n) is 4.09. The molecule has 1 aromatic rings.